The molecule has 0 heterocycles. The van der Waals surface area contributed by atoms with E-state index < -0.39 is 20.2 Å². The molecule has 8 heteroatoms. The van der Waals surface area contributed by atoms with E-state index in [1.165, 1.54) is 12.1 Å². The van der Waals surface area contributed by atoms with Gasteiger partial charge in [0.15, 0.2) is 0 Å². The molecule has 22 heavy (non-hydrogen) atoms. The van der Waals surface area contributed by atoms with Gasteiger partial charge in [-0.1, -0.05) is 43.7 Å². The van der Waals surface area contributed by atoms with Crippen LogP contribution < -0.4 is 0 Å². The Kier molecular flexibility index (Phi) is 8.25. The summed E-state index contributed by atoms with van der Waals surface area (Å²) < 4.78 is 58.4. The molecule has 0 aliphatic rings. The van der Waals surface area contributed by atoms with E-state index in [0.29, 0.717) is 12.0 Å². The van der Waals surface area contributed by atoms with Crippen LogP contribution in [0.5, 0.6) is 0 Å². The SMILES string of the molecule is C=Cc1ccc(S(=O)(=O)O)cc1.CCCC(C)=CS(=O)(=O)O. The molecule has 1 aromatic rings. The van der Waals surface area contributed by atoms with E-state index in [1.807, 2.05) is 6.92 Å². The molecular formula is C14H20O6S2. The largest absolute Gasteiger partial charge is 0.294 e. The maximum Gasteiger partial charge on any atom is 0.294 e. The number of hydrogen-bond acceptors (Lipinski definition) is 4. The van der Waals surface area contributed by atoms with Crippen LogP contribution in [0.3, 0.4) is 0 Å². The van der Waals surface area contributed by atoms with E-state index in [0.717, 1.165) is 17.4 Å². The van der Waals surface area contributed by atoms with Crippen LogP contribution in [-0.4, -0.2) is 25.9 Å². The summed E-state index contributed by atoms with van der Waals surface area (Å²) in [6, 6.07) is 5.78. The zero-order valence-electron chi connectivity index (χ0n) is 12.4. The summed E-state index contributed by atoms with van der Waals surface area (Å²) in [5.41, 5.74) is 1.49. The second-order valence-corrected chi connectivity index (χ2v) is 7.16. The molecule has 0 saturated carbocycles. The summed E-state index contributed by atoms with van der Waals surface area (Å²) >= 11 is 0. The van der Waals surface area contributed by atoms with Crippen LogP contribution in [0, 0.1) is 0 Å². The maximum absolute atomic E-state index is 10.6. The Bertz CT molecular complexity index is 713. The van der Waals surface area contributed by atoms with Crippen LogP contribution in [0.1, 0.15) is 32.3 Å². The molecular weight excluding hydrogens is 328 g/mol. The highest BCUT2D eigenvalue weighted by molar-refractivity contribution is 7.88. The molecule has 0 unspecified atom stereocenters. The Labute approximate surface area is 131 Å². The van der Waals surface area contributed by atoms with Gasteiger partial charge in [-0.2, -0.15) is 16.8 Å². The predicted octanol–water partition coefficient (Wildman–Crippen LogP) is 3.15. The third-order valence-corrected chi connectivity index (χ3v) is 3.98. The van der Waals surface area contributed by atoms with Crippen molar-refractivity contribution in [2.24, 2.45) is 0 Å². The fourth-order valence-electron chi connectivity index (χ4n) is 1.48. The van der Waals surface area contributed by atoms with Crippen molar-refractivity contribution < 1.29 is 25.9 Å². The van der Waals surface area contributed by atoms with Crippen molar-refractivity contribution in [2.75, 3.05) is 0 Å². The topological polar surface area (TPSA) is 109 Å². The average Bonchev–Trinajstić information content (AvgIpc) is 2.36. The van der Waals surface area contributed by atoms with Crippen molar-refractivity contribution in [1.82, 2.24) is 0 Å². The van der Waals surface area contributed by atoms with Crippen molar-refractivity contribution in [3.05, 3.63) is 47.4 Å². The Morgan fingerprint density at radius 1 is 1.14 bits per heavy atom. The van der Waals surface area contributed by atoms with Gasteiger partial charge in [-0.15, -0.1) is 0 Å². The highest BCUT2D eigenvalue weighted by Crippen LogP contribution is 2.10. The normalized spacial score (nSPS) is 12.3. The van der Waals surface area contributed by atoms with E-state index in [2.05, 4.69) is 6.58 Å². The molecule has 0 aromatic heterocycles. The van der Waals surface area contributed by atoms with Crippen LogP contribution in [0.15, 0.2) is 46.7 Å². The molecule has 0 bridgehead atoms. The van der Waals surface area contributed by atoms with E-state index in [1.54, 1.807) is 25.1 Å². The van der Waals surface area contributed by atoms with Gasteiger partial charge >= 0.3 is 0 Å². The molecule has 0 atom stereocenters. The van der Waals surface area contributed by atoms with Crippen LogP contribution in [0.25, 0.3) is 6.08 Å². The first-order valence-electron chi connectivity index (χ1n) is 6.34. The highest BCUT2D eigenvalue weighted by Gasteiger charge is 2.07. The molecule has 0 spiro atoms. The Morgan fingerprint density at radius 3 is 1.95 bits per heavy atom. The molecule has 0 amide bonds. The zero-order chi connectivity index (χ0) is 17.4. The molecule has 0 aliphatic heterocycles. The molecule has 0 saturated heterocycles. The fraction of sp³-hybridized carbons (Fsp3) is 0.286. The lowest BCUT2D eigenvalue weighted by Crippen LogP contribution is -1.96. The first kappa shape index (κ1) is 20.5. The van der Waals surface area contributed by atoms with E-state index in [9.17, 15) is 16.8 Å². The monoisotopic (exact) mass is 348 g/mol. The lowest BCUT2D eigenvalue weighted by molar-refractivity contribution is 0.482. The molecule has 0 aliphatic carbocycles. The van der Waals surface area contributed by atoms with Gasteiger partial charge in [-0.25, -0.2) is 0 Å². The van der Waals surface area contributed by atoms with Crippen LogP contribution >= 0.6 is 0 Å². The highest BCUT2D eigenvalue weighted by atomic mass is 32.2. The van der Waals surface area contributed by atoms with E-state index >= 15 is 0 Å². The fourth-order valence-corrected chi connectivity index (χ4v) is 2.59. The third-order valence-electron chi connectivity index (χ3n) is 2.41. The number of hydrogen-bond donors (Lipinski definition) is 2. The van der Waals surface area contributed by atoms with Gasteiger partial charge in [0.25, 0.3) is 20.2 Å². The first-order chi connectivity index (χ1) is 9.99. The quantitative estimate of drug-likeness (QED) is 0.791. The predicted molar refractivity (Wildman–Crippen MR) is 86.6 cm³/mol. The molecule has 1 aromatic carbocycles. The average molecular weight is 348 g/mol. The van der Waals surface area contributed by atoms with Crippen molar-refractivity contribution in [2.45, 2.75) is 31.6 Å². The second kappa shape index (κ2) is 8.84. The second-order valence-electron chi connectivity index (χ2n) is 4.48. The summed E-state index contributed by atoms with van der Waals surface area (Å²) in [5, 5.41) is 0.885. The minimum Gasteiger partial charge on any atom is -0.282 e. The smallest absolute Gasteiger partial charge is 0.282 e. The molecule has 0 radical (unpaired) electrons. The number of allylic oxidation sites excluding steroid dienone is 1. The number of rotatable bonds is 5. The maximum atomic E-state index is 10.6. The summed E-state index contributed by atoms with van der Waals surface area (Å²) in [7, 11) is -7.97. The lowest BCUT2D eigenvalue weighted by atomic mass is 10.2. The molecule has 6 nitrogen and oxygen atoms in total. The van der Waals surface area contributed by atoms with Crippen molar-refractivity contribution >= 4 is 26.3 Å². The standard InChI is InChI=1S/C8H8O3S.C6H12O3S/c1-2-7-3-5-8(6-4-7)12(9,10)11;1-3-4-6(2)5-10(7,8)9/h2-6H,1H2,(H,9,10,11);5H,3-4H2,1-2H3,(H,7,8,9). The zero-order valence-corrected chi connectivity index (χ0v) is 14.1. The number of benzene rings is 1. The third kappa shape index (κ3) is 9.46. The van der Waals surface area contributed by atoms with Crippen LogP contribution in [0.2, 0.25) is 0 Å². The minimum absolute atomic E-state index is 0.104. The summed E-state index contributed by atoms with van der Waals surface area (Å²) in [6.07, 6.45) is 3.19. The summed E-state index contributed by atoms with van der Waals surface area (Å²) in [4.78, 5) is -0.104. The van der Waals surface area contributed by atoms with Gasteiger partial charge in [0.05, 0.1) is 10.3 Å². The van der Waals surface area contributed by atoms with Crippen molar-refractivity contribution in [3.8, 4) is 0 Å². The lowest BCUT2D eigenvalue weighted by Gasteiger charge is -1.96. The van der Waals surface area contributed by atoms with Gasteiger partial charge in [-0.3, -0.25) is 9.11 Å². The van der Waals surface area contributed by atoms with Gasteiger partial charge in [0.1, 0.15) is 0 Å². The van der Waals surface area contributed by atoms with Crippen LogP contribution in [0.4, 0.5) is 0 Å². The van der Waals surface area contributed by atoms with E-state index in [-0.39, 0.29) is 4.90 Å². The van der Waals surface area contributed by atoms with Gasteiger partial charge < -0.3 is 0 Å². The Balaban J connectivity index is 0.000000409. The van der Waals surface area contributed by atoms with Gasteiger partial charge in [-0.05, 0) is 31.0 Å². The Morgan fingerprint density at radius 2 is 1.64 bits per heavy atom. The van der Waals surface area contributed by atoms with E-state index in [4.69, 9.17) is 9.11 Å². The Hall–Kier alpha value is -1.48. The minimum atomic E-state index is -4.06. The molecule has 2 N–H and O–H groups in total. The van der Waals surface area contributed by atoms with Crippen molar-refractivity contribution in [3.63, 3.8) is 0 Å². The van der Waals surface area contributed by atoms with Gasteiger partial charge in [0, 0.05) is 0 Å². The summed E-state index contributed by atoms with van der Waals surface area (Å²) in [5.74, 6) is 0. The first-order valence-corrected chi connectivity index (χ1v) is 9.28. The molecule has 0 fully saturated rings. The van der Waals surface area contributed by atoms with Crippen molar-refractivity contribution in [1.29, 1.82) is 0 Å². The van der Waals surface area contributed by atoms with Gasteiger partial charge in [0.2, 0.25) is 0 Å². The van der Waals surface area contributed by atoms with Crippen LogP contribution in [-0.2, 0) is 20.2 Å². The molecule has 124 valence electrons. The summed E-state index contributed by atoms with van der Waals surface area (Å²) in [6.45, 7) is 7.13. The molecule has 1 rings (SSSR count).